The maximum absolute atomic E-state index is 12.3. The molecule has 3 rings (SSSR count). The number of hydrogen-bond acceptors (Lipinski definition) is 9. The predicted molar refractivity (Wildman–Crippen MR) is 120 cm³/mol. The molecule has 0 bridgehead atoms. The third-order valence-corrected chi connectivity index (χ3v) is 7.04. The number of carbonyl (C=O) groups is 1. The van der Waals surface area contributed by atoms with Gasteiger partial charge in [-0.15, -0.1) is 0 Å². The van der Waals surface area contributed by atoms with Gasteiger partial charge in [-0.1, -0.05) is 11.3 Å². The molecule has 3 heterocycles. The molecule has 0 spiro atoms. The number of sulfonamides is 1. The van der Waals surface area contributed by atoms with E-state index >= 15 is 0 Å². The van der Waals surface area contributed by atoms with Crippen LogP contribution in [0.5, 0.6) is 5.88 Å². The normalized spacial score (nSPS) is 11.9. The lowest BCUT2D eigenvalue weighted by Gasteiger charge is -2.19. The molecule has 3 aromatic rings. The van der Waals surface area contributed by atoms with E-state index in [1.165, 1.54) is 30.8 Å². The second-order valence-electron chi connectivity index (χ2n) is 7.39. The molecule has 31 heavy (non-hydrogen) atoms. The summed E-state index contributed by atoms with van der Waals surface area (Å²) in [5, 5.41) is 5.69. The molecule has 0 radical (unpaired) electrons. The van der Waals surface area contributed by atoms with Crippen LogP contribution in [0, 0.1) is 0 Å². The van der Waals surface area contributed by atoms with Crippen LogP contribution in [0.15, 0.2) is 18.5 Å². The highest BCUT2D eigenvalue weighted by atomic mass is 32.2. The zero-order chi connectivity index (χ0) is 22.8. The zero-order valence-corrected chi connectivity index (χ0v) is 19.3. The number of rotatable bonds is 6. The molecule has 0 saturated heterocycles. The summed E-state index contributed by atoms with van der Waals surface area (Å²) in [6.45, 7) is 7.06. The quantitative estimate of drug-likeness (QED) is 0.503. The number of methoxy groups -OCH3 is 1. The molecule has 166 valence electrons. The van der Waals surface area contributed by atoms with Gasteiger partial charge in [-0.05, 0) is 33.8 Å². The maximum atomic E-state index is 12.3. The Bertz CT molecular complexity index is 1200. The Balaban J connectivity index is 1.91. The van der Waals surface area contributed by atoms with Crippen molar-refractivity contribution >= 4 is 48.8 Å². The van der Waals surface area contributed by atoms with Crippen molar-refractivity contribution < 1.29 is 17.9 Å². The van der Waals surface area contributed by atoms with E-state index in [1.807, 2.05) is 6.92 Å². The van der Waals surface area contributed by atoms with E-state index in [4.69, 9.17) is 4.74 Å². The van der Waals surface area contributed by atoms with E-state index in [-0.39, 0.29) is 12.0 Å². The molecule has 0 aliphatic carbocycles. The SMILES string of the molecule is CCNC(=O)Nc1nc2cc(-c3cnc(NS(=O)(=O)C(C)(C)C)nc3)c(OC)nc2s1. The Morgan fingerprint density at radius 1 is 1.19 bits per heavy atom. The minimum absolute atomic E-state index is 0.0336. The standard InChI is InChI=1S/C18H23N7O4S2/c1-6-19-16(26)24-17-22-12-7-11(13(29-5)23-14(12)30-17)10-8-20-15(21-9-10)25-31(27,28)18(2,3)4/h7-9H,6H2,1-5H3,(H,20,21,25)(H2,19,22,24,26). The summed E-state index contributed by atoms with van der Waals surface area (Å²) in [6.07, 6.45) is 2.94. The van der Waals surface area contributed by atoms with E-state index in [0.717, 1.165) is 0 Å². The lowest BCUT2D eigenvalue weighted by molar-refractivity contribution is 0.252. The van der Waals surface area contributed by atoms with Crippen LogP contribution >= 0.6 is 11.3 Å². The molecule has 0 aliphatic rings. The fourth-order valence-electron chi connectivity index (χ4n) is 2.36. The predicted octanol–water partition coefficient (Wildman–Crippen LogP) is 2.84. The van der Waals surface area contributed by atoms with Crippen LogP contribution in [-0.2, 0) is 10.0 Å². The van der Waals surface area contributed by atoms with Crippen LogP contribution in [0.2, 0.25) is 0 Å². The van der Waals surface area contributed by atoms with Gasteiger partial charge in [0.1, 0.15) is 10.3 Å². The van der Waals surface area contributed by atoms with Crippen molar-refractivity contribution in [3.63, 3.8) is 0 Å². The number of nitrogens with zero attached hydrogens (tertiary/aromatic N) is 4. The Labute approximate surface area is 183 Å². The minimum atomic E-state index is -3.64. The van der Waals surface area contributed by atoms with Gasteiger partial charge in [0.2, 0.25) is 21.9 Å². The van der Waals surface area contributed by atoms with Gasteiger partial charge in [0.15, 0.2) is 5.13 Å². The van der Waals surface area contributed by atoms with Gasteiger partial charge in [0.25, 0.3) is 0 Å². The van der Waals surface area contributed by atoms with Crippen LogP contribution in [0.25, 0.3) is 21.5 Å². The molecule has 2 amide bonds. The van der Waals surface area contributed by atoms with Crippen molar-refractivity contribution in [1.82, 2.24) is 25.3 Å². The van der Waals surface area contributed by atoms with Gasteiger partial charge < -0.3 is 10.1 Å². The van der Waals surface area contributed by atoms with Crippen LogP contribution < -0.4 is 20.1 Å². The number of nitrogens with one attached hydrogen (secondary N) is 3. The average Bonchev–Trinajstić information content (AvgIpc) is 3.07. The van der Waals surface area contributed by atoms with Gasteiger partial charge in [-0.2, -0.15) is 0 Å². The molecule has 0 fully saturated rings. The van der Waals surface area contributed by atoms with Crippen molar-refractivity contribution in [1.29, 1.82) is 0 Å². The van der Waals surface area contributed by atoms with Crippen molar-refractivity contribution in [3.05, 3.63) is 18.5 Å². The highest BCUT2D eigenvalue weighted by molar-refractivity contribution is 7.94. The van der Waals surface area contributed by atoms with Crippen molar-refractivity contribution in [2.45, 2.75) is 32.4 Å². The largest absolute Gasteiger partial charge is 0.481 e. The van der Waals surface area contributed by atoms with Gasteiger partial charge in [-0.25, -0.2) is 33.1 Å². The maximum Gasteiger partial charge on any atom is 0.321 e. The smallest absolute Gasteiger partial charge is 0.321 e. The lowest BCUT2D eigenvalue weighted by Crippen LogP contribution is -2.34. The second-order valence-corrected chi connectivity index (χ2v) is 10.8. The number of aromatic nitrogens is 4. The minimum Gasteiger partial charge on any atom is -0.481 e. The van der Waals surface area contributed by atoms with E-state index in [2.05, 4.69) is 35.3 Å². The van der Waals surface area contributed by atoms with Crippen LogP contribution in [-0.4, -0.2) is 52.8 Å². The van der Waals surface area contributed by atoms with E-state index in [9.17, 15) is 13.2 Å². The summed E-state index contributed by atoms with van der Waals surface area (Å²) < 4.78 is 31.3. The molecule has 0 saturated carbocycles. The second kappa shape index (κ2) is 8.59. The van der Waals surface area contributed by atoms with Crippen LogP contribution in [0.4, 0.5) is 15.9 Å². The first kappa shape index (κ1) is 22.6. The molecule has 13 heteroatoms. The van der Waals surface area contributed by atoms with Gasteiger partial charge >= 0.3 is 6.03 Å². The number of amides is 2. The first-order valence-electron chi connectivity index (χ1n) is 9.29. The van der Waals surface area contributed by atoms with Gasteiger partial charge in [0, 0.05) is 30.1 Å². The molecule has 11 nitrogen and oxygen atoms in total. The van der Waals surface area contributed by atoms with E-state index < -0.39 is 14.8 Å². The Hall–Kier alpha value is -3.06. The zero-order valence-electron chi connectivity index (χ0n) is 17.7. The summed E-state index contributed by atoms with van der Waals surface area (Å²) in [7, 11) is -2.16. The van der Waals surface area contributed by atoms with Gasteiger partial charge in [0.05, 0.1) is 11.9 Å². The molecular formula is C18H23N7O4S2. The van der Waals surface area contributed by atoms with E-state index in [1.54, 1.807) is 26.8 Å². The summed E-state index contributed by atoms with van der Waals surface area (Å²) in [6, 6.07) is 1.40. The first-order chi connectivity index (χ1) is 14.5. The Morgan fingerprint density at radius 2 is 1.87 bits per heavy atom. The van der Waals surface area contributed by atoms with Crippen molar-refractivity contribution in [2.24, 2.45) is 0 Å². The summed E-state index contributed by atoms with van der Waals surface area (Å²) in [4.78, 5) is 29.4. The third kappa shape index (κ3) is 4.99. The fraction of sp³-hybridized carbons (Fsp3) is 0.389. The van der Waals surface area contributed by atoms with Gasteiger partial charge in [-0.3, -0.25) is 10.0 Å². The number of anilines is 2. The average molecular weight is 466 g/mol. The van der Waals surface area contributed by atoms with Crippen molar-refractivity contribution in [3.8, 4) is 17.0 Å². The molecule has 0 unspecified atom stereocenters. The highest BCUT2D eigenvalue weighted by Crippen LogP contribution is 2.34. The Kier molecular flexibility index (Phi) is 6.27. The number of hydrogen-bond donors (Lipinski definition) is 3. The number of thiazole rings is 1. The molecule has 3 aromatic heterocycles. The molecule has 0 aliphatic heterocycles. The summed E-state index contributed by atoms with van der Waals surface area (Å²) in [5.41, 5.74) is 1.70. The van der Waals surface area contributed by atoms with Crippen LogP contribution in [0.1, 0.15) is 27.7 Å². The molecule has 3 N–H and O–H groups in total. The Morgan fingerprint density at radius 3 is 2.45 bits per heavy atom. The summed E-state index contributed by atoms with van der Waals surface area (Å²) in [5.74, 6) is 0.293. The monoisotopic (exact) mass is 465 g/mol. The third-order valence-electron chi connectivity index (χ3n) is 4.09. The lowest BCUT2D eigenvalue weighted by atomic mass is 10.1. The van der Waals surface area contributed by atoms with Crippen LogP contribution in [0.3, 0.4) is 0 Å². The summed E-state index contributed by atoms with van der Waals surface area (Å²) >= 11 is 1.21. The topological polar surface area (TPSA) is 148 Å². The van der Waals surface area contributed by atoms with E-state index in [0.29, 0.717) is 39.0 Å². The number of urea groups is 1. The molecular weight excluding hydrogens is 442 g/mol. The first-order valence-corrected chi connectivity index (χ1v) is 11.6. The fourth-order valence-corrected chi connectivity index (χ4v) is 3.82. The highest BCUT2D eigenvalue weighted by Gasteiger charge is 2.29. The number of fused-ring (bicyclic) bond motifs is 1. The number of ether oxygens (including phenoxy) is 1. The van der Waals surface area contributed by atoms with Crippen molar-refractivity contribution in [2.75, 3.05) is 23.7 Å². The number of carbonyl (C=O) groups excluding carboxylic acids is 1. The molecule has 0 aromatic carbocycles. The number of pyridine rings is 1. The molecule has 0 atom stereocenters.